The predicted octanol–water partition coefficient (Wildman–Crippen LogP) is 1.71. The van der Waals surface area contributed by atoms with Crippen LogP contribution in [0.25, 0.3) is 0 Å². The standard InChI is InChI=1S/C10H13NO3/c1-13-9-4-3-8(5-6-11-12)7-10(9)14-2/h3-4,6-7,12H,5H2,1-2H3/b11-6+. The lowest BCUT2D eigenvalue weighted by molar-refractivity contribution is 0.320. The second-order valence-electron chi connectivity index (χ2n) is 2.69. The van der Waals surface area contributed by atoms with Crippen LogP contribution in [0.5, 0.6) is 11.5 Å². The Bertz CT molecular complexity index is 323. The highest BCUT2D eigenvalue weighted by Crippen LogP contribution is 2.27. The Morgan fingerprint density at radius 1 is 1.29 bits per heavy atom. The van der Waals surface area contributed by atoms with Crippen LogP contribution in [0.3, 0.4) is 0 Å². The molecule has 0 fully saturated rings. The Labute approximate surface area is 82.8 Å². The van der Waals surface area contributed by atoms with Gasteiger partial charge in [0.1, 0.15) is 0 Å². The van der Waals surface area contributed by atoms with E-state index in [1.54, 1.807) is 14.2 Å². The first-order valence-corrected chi connectivity index (χ1v) is 4.18. The number of benzene rings is 1. The lowest BCUT2D eigenvalue weighted by atomic mass is 10.1. The average molecular weight is 195 g/mol. The second kappa shape index (κ2) is 5.11. The molecule has 0 saturated carbocycles. The first kappa shape index (κ1) is 10.4. The van der Waals surface area contributed by atoms with Crippen LogP contribution in [0.15, 0.2) is 23.4 Å². The summed E-state index contributed by atoms with van der Waals surface area (Å²) in [5, 5.41) is 11.2. The van der Waals surface area contributed by atoms with Crippen molar-refractivity contribution >= 4 is 6.21 Å². The molecule has 1 aromatic carbocycles. The molecule has 1 rings (SSSR count). The van der Waals surface area contributed by atoms with Crippen molar-refractivity contribution in [3.63, 3.8) is 0 Å². The SMILES string of the molecule is COc1ccc(C/C=N/O)cc1OC. The number of oxime groups is 1. The summed E-state index contributed by atoms with van der Waals surface area (Å²) in [6.07, 6.45) is 1.98. The minimum atomic E-state index is 0.566. The van der Waals surface area contributed by atoms with Crippen LogP contribution in [0, 0.1) is 0 Å². The van der Waals surface area contributed by atoms with Crippen molar-refractivity contribution in [1.82, 2.24) is 0 Å². The third-order valence-corrected chi connectivity index (χ3v) is 1.86. The summed E-state index contributed by atoms with van der Waals surface area (Å²) in [4.78, 5) is 0. The van der Waals surface area contributed by atoms with E-state index in [9.17, 15) is 0 Å². The molecule has 0 saturated heterocycles. The fourth-order valence-electron chi connectivity index (χ4n) is 1.15. The lowest BCUT2D eigenvalue weighted by Gasteiger charge is -2.08. The van der Waals surface area contributed by atoms with Crippen LogP contribution >= 0.6 is 0 Å². The fourth-order valence-corrected chi connectivity index (χ4v) is 1.15. The van der Waals surface area contributed by atoms with Gasteiger partial charge in [0.05, 0.1) is 14.2 Å². The van der Waals surface area contributed by atoms with Crippen molar-refractivity contribution < 1.29 is 14.7 Å². The van der Waals surface area contributed by atoms with Crippen LogP contribution in [0.2, 0.25) is 0 Å². The van der Waals surface area contributed by atoms with E-state index in [1.807, 2.05) is 18.2 Å². The molecule has 0 aliphatic heterocycles. The topological polar surface area (TPSA) is 51.0 Å². The molecule has 14 heavy (non-hydrogen) atoms. The van der Waals surface area contributed by atoms with E-state index in [-0.39, 0.29) is 0 Å². The van der Waals surface area contributed by atoms with Crippen LogP contribution in [-0.2, 0) is 6.42 Å². The van der Waals surface area contributed by atoms with Gasteiger partial charge in [-0.15, -0.1) is 5.16 Å². The normalized spacial score (nSPS) is 10.4. The average Bonchev–Trinajstić information content (AvgIpc) is 2.25. The van der Waals surface area contributed by atoms with Gasteiger partial charge in [-0.3, -0.25) is 0 Å². The minimum absolute atomic E-state index is 0.566. The van der Waals surface area contributed by atoms with Crippen molar-refractivity contribution in [1.29, 1.82) is 0 Å². The van der Waals surface area contributed by atoms with Crippen LogP contribution in [0.1, 0.15) is 5.56 Å². The third-order valence-electron chi connectivity index (χ3n) is 1.86. The van der Waals surface area contributed by atoms with Gasteiger partial charge >= 0.3 is 0 Å². The molecule has 0 spiro atoms. The molecular formula is C10H13NO3. The van der Waals surface area contributed by atoms with Gasteiger partial charge in [-0.05, 0) is 17.7 Å². The zero-order valence-corrected chi connectivity index (χ0v) is 8.23. The highest BCUT2D eigenvalue weighted by molar-refractivity contribution is 5.61. The zero-order valence-electron chi connectivity index (χ0n) is 8.23. The van der Waals surface area contributed by atoms with Gasteiger partial charge in [-0.2, -0.15) is 0 Å². The highest BCUT2D eigenvalue weighted by atomic mass is 16.5. The van der Waals surface area contributed by atoms with Crippen LogP contribution in [-0.4, -0.2) is 25.6 Å². The minimum Gasteiger partial charge on any atom is -0.493 e. The molecule has 0 aliphatic rings. The maximum absolute atomic E-state index is 8.27. The van der Waals surface area contributed by atoms with Crippen LogP contribution < -0.4 is 9.47 Å². The summed E-state index contributed by atoms with van der Waals surface area (Å²) in [5.41, 5.74) is 1.00. The summed E-state index contributed by atoms with van der Waals surface area (Å²) in [7, 11) is 3.18. The lowest BCUT2D eigenvalue weighted by Crippen LogP contribution is -1.93. The van der Waals surface area contributed by atoms with Crippen molar-refractivity contribution in [2.75, 3.05) is 14.2 Å². The molecule has 1 N–H and O–H groups in total. The predicted molar refractivity (Wildman–Crippen MR) is 53.5 cm³/mol. The molecule has 0 bridgehead atoms. The summed E-state index contributed by atoms with van der Waals surface area (Å²) in [5.74, 6) is 1.37. The zero-order chi connectivity index (χ0) is 10.4. The molecule has 0 heterocycles. The van der Waals surface area contributed by atoms with Crippen molar-refractivity contribution in [2.24, 2.45) is 5.16 Å². The van der Waals surface area contributed by atoms with E-state index in [1.165, 1.54) is 6.21 Å². The van der Waals surface area contributed by atoms with Crippen molar-refractivity contribution in [2.45, 2.75) is 6.42 Å². The molecule has 4 nitrogen and oxygen atoms in total. The molecule has 0 radical (unpaired) electrons. The first-order chi connectivity index (χ1) is 6.81. The Hall–Kier alpha value is -1.71. The van der Waals surface area contributed by atoms with Crippen molar-refractivity contribution in [3.8, 4) is 11.5 Å². The number of methoxy groups -OCH3 is 2. The van der Waals surface area contributed by atoms with Gasteiger partial charge in [-0.25, -0.2) is 0 Å². The van der Waals surface area contributed by atoms with E-state index in [2.05, 4.69) is 5.16 Å². The van der Waals surface area contributed by atoms with Gasteiger partial charge in [0.15, 0.2) is 11.5 Å². The maximum Gasteiger partial charge on any atom is 0.160 e. The number of nitrogens with zero attached hydrogens (tertiary/aromatic N) is 1. The molecule has 4 heteroatoms. The molecule has 76 valence electrons. The quantitative estimate of drug-likeness (QED) is 0.452. The first-order valence-electron chi connectivity index (χ1n) is 4.18. The van der Waals surface area contributed by atoms with Gasteiger partial charge in [-0.1, -0.05) is 6.07 Å². The van der Waals surface area contributed by atoms with E-state index in [0.717, 1.165) is 5.56 Å². The third kappa shape index (κ3) is 2.39. The summed E-state index contributed by atoms with van der Waals surface area (Å²) in [6, 6.07) is 5.56. The van der Waals surface area contributed by atoms with Crippen molar-refractivity contribution in [3.05, 3.63) is 23.8 Å². The van der Waals surface area contributed by atoms with E-state index in [0.29, 0.717) is 17.9 Å². The summed E-state index contributed by atoms with van der Waals surface area (Å²) < 4.78 is 10.2. The van der Waals surface area contributed by atoms with Gasteiger partial charge in [0.25, 0.3) is 0 Å². The largest absolute Gasteiger partial charge is 0.493 e. The van der Waals surface area contributed by atoms with Gasteiger partial charge in [0.2, 0.25) is 0 Å². The maximum atomic E-state index is 8.27. The molecule has 0 amide bonds. The number of rotatable bonds is 4. The Morgan fingerprint density at radius 3 is 2.57 bits per heavy atom. The fraction of sp³-hybridized carbons (Fsp3) is 0.300. The number of hydrogen-bond donors (Lipinski definition) is 1. The molecule has 0 aromatic heterocycles. The monoisotopic (exact) mass is 195 g/mol. The van der Waals surface area contributed by atoms with E-state index < -0.39 is 0 Å². The molecule has 0 atom stereocenters. The number of hydrogen-bond acceptors (Lipinski definition) is 4. The Kier molecular flexibility index (Phi) is 3.79. The van der Waals surface area contributed by atoms with Gasteiger partial charge < -0.3 is 14.7 Å². The smallest absolute Gasteiger partial charge is 0.160 e. The van der Waals surface area contributed by atoms with Crippen LogP contribution in [0.4, 0.5) is 0 Å². The summed E-state index contributed by atoms with van der Waals surface area (Å²) >= 11 is 0. The van der Waals surface area contributed by atoms with E-state index >= 15 is 0 Å². The Morgan fingerprint density at radius 2 is 2.00 bits per heavy atom. The molecule has 0 aliphatic carbocycles. The van der Waals surface area contributed by atoms with Gasteiger partial charge in [0, 0.05) is 12.6 Å². The second-order valence-corrected chi connectivity index (χ2v) is 2.69. The summed E-state index contributed by atoms with van der Waals surface area (Å²) in [6.45, 7) is 0. The number of ether oxygens (including phenoxy) is 2. The Balaban J connectivity index is 2.89. The molecule has 1 aromatic rings. The highest BCUT2D eigenvalue weighted by Gasteiger charge is 2.03. The van der Waals surface area contributed by atoms with E-state index in [4.69, 9.17) is 14.7 Å². The molecule has 0 unspecified atom stereocenters. The molecular weight excluding hydrogens is 182 g/mol.